The third-order valence-corrected chi connectivity index (χ3v) is 2.47. The molecule has 0 aromatic carbocycles. The van der Waals surface area contributed by atoms with Gasteiger partial charge in [-0.1, -0.05) is 0 Å². The van der Waals surface area contributed by atoms with Gasteiger partial charge >= 0.3 is 0 Å². The van der Waals surface area contributed by atoms with Crippen LogP contribution >= 0.6 is 22.9 Å². The smallest absolute Gasteiger partial charge is 0.237 e. The summed E-state index contributed by atoms with van der Waals surface area (Å²) in [5.74, 6) is 0.111. The van der Waals surface area contributed by atoms with Gasteiger partial charge in [-0.3, -0.25) is 4.79 Å². The quantitative estimate of drug-likeness (QED) is 0.542. The van der Waals surface area contributed by atoms with Gasteiger partial charge in [-0.15, -0.1) is 0 Å². The van der Waals surface area contributed by atoms with Crippen LogP contribution in [-0.4, -0.2) is 51.8 Å². The van der Waals surface area contributed by atoms with Crippen molar-refractivity contribution in [1.29, 1.82) is 0 Å². The van der Waals surface area contributed by atoms with Crippen LogP contribution in [-0.2, 0) is 4.79 Å². The molecule has 0 spiro atoms. The number of piperazine rings is 1. The van der Waals surface area contributed by atoms with Gasteiger partial charge in [0.15, 0.2) is 0 Å². The molecule has 11 heavy (non-hydrogen) atoms. The van der Waals surface area contributed by atoms with Crippen molar-refractivity contribution in [3.05, 3.63) is 0 Å². The highest BCUT2D eigenvalue weighted by Crippen LogP contribution is 2.06. The Morgan fingerprint density at radius 1 is 1.55 bits per heavy atom. The highest BCUT2D eigenvalue weighted by molar-refractivity contribution is 14.1. The van der Waals surface area contributed by atoms with Crippen molar-refractivity contribution < 1.29 is 9.90 Å². The fourth-order valence-electron chi connectivity index (χ4n) is 1.04. The molecule has 0 unspecified atom stereocenters. The lowest BCUT2D eigenvalue weighted by Crippen LogP contribution is -2.47. The first-order chi connectivity index (χ1) is 5.24. The Hall–Kier alpha value is 0.120. The predicted molar refractivity (Wildman–Crippen MR) is 49.3 cm³/mol. The summed E-state index contributed by atoms with van der Waals surface area (Å²) in [4.78, 5) is 12.9. The summed E-state index contributed by atoms with van der Waals surface area (Å²) < 4.78 is 1.95. The molecular formula is C6H11IN2O2. The predicted octanol–water partition coefficient (Wildman–Crippen LogP) is -0.527. The maximum absolute atomic E-state index is 11.2. The Kier molecular flexibility index (Phi) is 3.53. The van der Waals surface area contributed by atoms with Gasteiger partial charge in [0, 0.05) is 42.5 Å². The number of carbonyl (C=O) groups is 1. The van der Waals surface area contributed by atoms with Crippen molar-refractivity contribution in [2.24, 2.45) is 0 Å². The Balaban J connectivity index is 2.38. The van der Waals surface area contributed by atoms with Crippen molar-refractivity contribution in [2.45, 2.75) is 0 Å². The molecule has 1 saturated heterocycles. The molecule has 64 valence electrons. The Labute approximate surface area is 79.7 Å². The first kappa shape index (κ1) is 9.21. The Morgan fingerprint density at radius 3 is 2.82 bits per heavy atom. The molecule has 1 fully saturated rings. The number of hydrogen-bond donors (Lipinski definition) is 1. The minimum Gasteiger partial charge on any atom is -0.395 e. The Bertz CT molecular complexity index is 154. The topological polar surface area (TPSA) is 43.8 Å². The third kappa shape index (κ3) is 2.57. The summed E-state index contributed by atoms with van der Waals surface area (Å²) in [5.41, 5.74) is 0. The van der Waals surface area contributed by atoms with E-state index in [1.165, 1.54) is 0 Å². The van der Waals surface area contributed by atoms with Crippen molar-refractivity contribution in [3.63, 3.8) is 0 Å². The number of amides is 1. The number of rotatable bonds is 2. The highest BCUT2D eigenvalue weighted by Gasteiger charge is 2.21. The van der Waals surface area contributed by atoms with E-state index in [1.807, 2.05) is 3.11 Å². The van der Waals surface area contributed by atoms with E-state index < -0.39 is 0 Å². The molecule has 5 heteroatoms. The van der Waals surface area contributed by atoms with Crippen LogP contribution in [0.1, 0.15) is 0 Å². The summed E-state index contributed by atoms with van der Waals surface area (Å²) >= 11 is 2.13. The van der Waals surface area contributed by atoms with Crippen LogP contribution in [0.3, 0.4) is 0 Å². The fourth-order valence-corrected chi connectivity index (χ4v) is 1.54. The van der Waals surface area contributed by atoms with Crippen LogP contribution in [0.15, 0.2) is 0 Å². The largest absolute Gasteiger partial charge is 0.395 e. The van der Waals surface area contributed by atoms with Gasteiger partial charge in [0.25, 0.3) is 0 Å². The average molecular weight is 270 g/mol. The summed E-state index contributed by atoms with van der Waals surface area (Å²) in [7, 11) is 0. The molecule has 0 radical (unpaired) electrons. The molecule has 1 amide bonds. The number of β-amino-alcohol motifs (C(OH)–C–C–N with tert-alkyl or cyclic N) is 1. The van der Waals surface area contributed by atoms with E-state index in [2.05, 4.69) is 22.9 Å². The normalized spacial score (nSPS) is 20.9. The minimum absolute atomic E-state index is 0.0625. The van der Waals surface area contributed by atoms with Gasteiger partial charge in [0.1, 0.15) is 0 Å². The third-order valence-electron chi connectivity index (χ3n) is 1.64. The molecule has 4 nitrogen and oxygen atoms in total. The van der Waals surface area contributed by atoms with Gasteiger partial charge in [0.2, 0.25) is 5.91 Å². The standard InChI is InChI=1S/C6H11IN2O2/c7-9-2-1-8(3-4-10)6(11)5-9/h10H,1-5H2. The molecule has 0 aromatic rings. The second-order valence-corrected chi connectivity index (χ2v) is 3.81. The van der Waals surface area contributed by atoms with E-state index >= 15 is 0 Å². The summed E-state index contributed by atoms with van der Waals surface area (Å²) in [6.07, 6.45) is 0. The molecule has 0 aromatic heterocycles. The average Bonchev–Trinajstić information content (AvgIpc) is 1.95. The van der Waals surface area contributed by atoms with Crippen LogP contribution < -0.4 is 0 Å². The molecule has 0 saturated carbocycles. The molecule has 0 bridgehead atoms. The van der Waals surface area contributed by atoms with Crippen molar-refractivity contribution >= 4 is 28.8 Å². The molecule has 1 aliphatic rings. The van der Waals surface area contributed by atoms with E-state index in [9.17, 15) is 4.79 Å². The monoisotopic (exact) mass is 270 g/mol. The highest BCUT2D eigenvalue weighted by atomic mass is 127. The first-order valence-electron chi connectivity index (χ1n) is 3.53. The number of aliphatic hydroxyl groups excluding tert-OH is 1. The molecular weight excluding hydrogens is 259 g/mol. The maximum atomic E-state index is 11.2. The molecule has 1 rings (SSSR count). The second-order valence-electron chi connectivity index (χ2n) is 2.45. The van der Waals surface area contributed by atoms with E-state index in [0.29, 0.717) is 13.1 Å². The van der Waals surface area contributed by atoms with Gasteiger partial charge in [0.05, 0.1) is 13.2 Å². The summed E-state index contributed by atoms with van der Waals surface area (Å²) in [6, 6.07) is 0. The van der Waals surface area contributed by atoms with E-state index in [4.69, 9.17) is 5.11 Å². The van der Waals surface area contributed by atoms with Crippen molar-refractivity contribution in [1.82, 2.24) is 8.01 Å². The zero-order chi connectivity index (χ0) is 8.27. The zero-order valence-electron chi connectivity index (χ0n) is 6.16. The number of hydrogen-bond acceptors (Lipinski definition) is 3. The van der Waals surface area contributed by atoms with Gasteiger partial charge < -0.3 is 10.0 Å². The van der Waals surface area contributed by atoms with Crippen LogP contribution in [0.4, 0.5) is 0 Å². The van der Waals surface area contributed by atoms with Crippen molar-refractivity contribution in [2.75, 3.05) is 32.8 Å². The fraction of sp³-hybridized carbons (Fsp3) is 0.833. The number of nitrogens with zero attached hydrogens (tertiary/aromatic N) is 2. The number of carbonyl (C=O) groups excluding carboxylic acids is 1. The van der Waals surface area contributed by atoms with E-state index in [1.54, 1.807) is 4.90 Å². The first-order valence-corrected chi connectivity index (χ1v) is 4.50. The van der Waals surface area contributed by atoms with Gasteiger partial charge in [-0.25, -0.2) is 3.11 Å². The number of halogens is 1. The second kappa shape index (κ2) is 4.22. The SMILES string of the molecule is O=C1CN(I)CCN1CCO. The molecule has 1 heterocycles. The molecule has 0 atom stereocenters. The zero-order valence-corrected chi connectivity index (χ0v) is 8.32. The molecule has 1 N–H and O–H groups in total. The van der Waals surface area contributed by atoms with Gasteiger partial charge in [-0.2, -0.15) is 0 Å². The van der Waals surface area contributed by atoms with E-state index in [-0.39, 0.29) is 12.5 Å². The maximum Gasteiger partial charge on any atom is 0.237 e. The van der Waals surface area contributed by atoms with Crippen LogP contribution in [0.2, 0.25) is 0 Å². The lowest BCUT2D eigenvalue weighted by atomic mass is 10.3. The molecule has 1 aliphatic heterocycles. The van der Waals surface area contributed by atoms with Gasteiger partial charge in [-0.05, 0) is 0 Å². The summed E-state index contributed by atoms with van der Waals surface area (Å²) in [5, 5.41) is 8.59. The van der Waals surface area contributed by atoms with Crippen molar-refractivity contribution in [3.8, 4) is 0 Å². The van der Waals surface area contributed by atoms with E-state index in [0.717, 1.165) is 13.1 Å². The summed E-state index contributed by atoms with van der Waals surface area (Å²) in [6.45, 7) is 2.64. The van der Waals surface area contributed by atoms with Crippen LogP contribution in [0, 0.1) is 0 Å². The minimum atomic E-state index is 0.0625. The Morgan fingerprint density at radius 2 is 2.27 bits per heavy atom. The number of aliphatic hydroxyl groups is 1. The lowest BCUT2D eigenvalue weighted by molar-refractivity contribution is -0.133. The van der Waals surface area contributed by atoms with Crippen LogP contribution in [0.25, 0.3) is 0 Å². The van der Waals surface area contributed by atoms with Crippen LogP contribution in [0.5, 0.6) is 0 Å². The molecule has 0 aliphatic carbocycles. The lowest BCUT2D eigenvalue weighted by Gasteiger charge is -2.30.